The number of sulfone groups is 1. The number of aliphatic hydroxyl groups excluding tert-OH is 1. The Morgan fingerprint density at radius 3 is 2.43 bits per heavy atom. The molecule has 4 nitrogen and oxygen atoms in total. The van der Waals surface area contributed by atoms with Gasteiger partial charge in [0.15, 0.2) is 9.84 Å². The van der Waals surface area contributed by atoms with E-state index in [1.54, 1.807) is 42.5 Å². The average Bonchev–Trinajstić information content (AvgIpc) is 2.59. The van der Waals surface area contributed by atoms with E-state index in [-0.39, 0.29) is 15.7 Å². The third-order valence-electron chi connectivity index (χ3n) is 3.29. The standard InChI is InChI=1S/C17H17ClO4S/c1-22-16-10-6-5-9-14(16)17(19)15(18)11-12-23(20,21)13-7-3-2-4-8-13/h2-11,17,19H,12H2,1H3/b15-11-. The van der Waals surface area contributed by atoms with Gasteiger partial charge in [0.2, 0.25) is 0 Å². The molecule has 2 aromatic rings. The van der Waals surface area contributed by atoms with Crippen LogP contribution in [0.4, 0.5) is 0 Å². The predicted molar refractivity (Wildman–Crippen MR) is 90.4 cm³/mol. The highest BCUT2D eigenvalue weighted by molar-refractivity contribution is 7.91. The zero-order valence-electron chi connectivity index (χ0n) is 12.5. The Labute approximate surface area is 140 Å². The second-order valence-electron chi connectivity index (χ2n) is 4.83. The lowest BCUT2D eigenvalue weighted by Crippen LogP contribution is -2.07. The van der Waals surface area contributed by atoms with Gasteiger partial charge in [-0.15, -0.1) is 0 Å². The monoisotopic (exact) mass is 352 g/mol. The van der Waals surface area contributed by atoms with Gasteiger partial charge in [0.25, 0.3) is 0 Å². The normalized spacial score (nSPS) is 13.6. The van der Waals surface area contributed by atoms with Gasteiger partial charge in [0.05, 0.1) is 17.8 Å². The highest BCUT2D eigenvalue weighted by Gasteiger charge is 2.18. The molecule has 1 unspecified atom stereocenters. The molecule has 1 atom stereocenters. The fourth-order valence-corrected chi connectivity index (χ4v) is 3.52. The average molecular weight is 353 g/mol. The Balaban J connectivity index is 2.20. The minimum absolute atomic E-state index is 0.0361. The lowest BCUT2D eigenvalue weighted by molar-refractivity contribution is 0.218. The zero-order valence-corrected chi connectivity index (χ0v) is 14.1. The molecule has 0 heterocycles. The highest BCUT2D eigenvalue weighted by atomic mass is 35.5. The van der Waals surface area contributed by atoms with E-state index in [0.29, 0.717) is 11.3 Å². The summed E-state index contributed by atoms with van der Waals surface area (Å²) in [5.74, 6) is 0.194. The molecule has 6 heteroatoms. The number of methoxy groups -OCH3 is 1. The minimum Gasteiger partial charge on any atom is -0.496 e. The second kappa shape index (κ2) is 7.64. The molecule has 2 aromatic carbocycles. The summed E-state index contributed by atoms with van der Waals surface area (Å²) in [5.41, 5.74) is 0.480. The first-order valence-electron chi connectivity index (χ1n) is 6.90. The number of aliphatic hydroxyl groups is 1. The summed E-state index contributed by atoms with van der Waals surface area (Å²) in [4.78, 5) is 0.215. The molecule has 0 bridgehead atoms. The van der Waals surface area contributed by atoms with Crippen molar-refractivity contribution in [3.63, 3.8) is 0 Å². The third-order valence-corrected chi connectivity index (χ3v) is 5.25. The molecule has 23 heavy (non-hydrogen) atoms. The van der Waals surface area contributed by atoms with Crippen molar-refractivity contribution in [2.24, 2.45) is 0 Å². The van der Waals surface area contributed by atoms with E-state index in [9.17, 15) is 13.5 Å². The van der Waals surface area contributed by atoms with Gasteiger partial charge >= 0.3 is 0 Å². The third kappa shape index (κ3) is 4.34. The summed E-state index contributed by atoms with van der Waals surface area (Å²) in [6.45, 7) is 0. The molecule has 0 aliphatic heterocycles. The molecule has 2 rings (SSSR count). The molecule has 0 aliphatic rings. The Morgan fingerprint density at radius 2 is 1.78 bits per heavy atom. The van der Waals surface area contributed by atoms with E-state index in [0.717, 1.165) is 0 Å². The van der Waals surface area contributed by atoms with Gasteiger partial charge in [0.1, 0.15) is 11.9 Å². The smallest absolute Gasteiger partial charge is 0.181 e. The minimum atomic E-state index is -3.49. The summed E-state index contributed by atoms with van der Waals surface area (Å²) in [6, 6.07) is 15.0. The van der Waals surface area contributed by atoms with Crippen LogP contribution in [0.25, 0.3) is 0 Å². The molecular weight excluding hydrogens is 336 g/mol. The number of rotatable bonds is 6. The van der Waals surface area contributed by atoms with Gasteiger partial charge in [-0.2, -0.15) is 0 Å². The van der Waals surface area contributed by atoms with Crippen LogP contribution in [0.15, 0.2) is 70.6 Å². The van der Waals surface area contributed by atoms with Crippen molar-refractivity contribution in [3.8, 4) is 5.75 Å². The van der Waals surface area contributed by atoms with Crippen molar-refractivity contribution in [2.45, 2.75) is 11.0 Å². The Kier molecular flexibility index (Phi) is 5.82. The molecule has 0 amide bonds. The number of hydrogen-bond donors (Lipinski definition) is 1. The van der Waals surface area contributed by atoms with Crippen molar-refractivity contribution in [1.29, 1.82) is 0 Å². The van der Waals surface area contributed by atoms with Crippen molar-refractivity contribution < 1.29 is 18.3 Å². The molecular formula is C17H17ClO4S. The molecule has 0 radical (unpaired) electrons. The fourth-order valence-electron chi connectivity index (χ4n) is 2.07. The second-order valence-corrected chi connectivity index (χ2v) is 7.30. The number of benzene rings is 2. The van der Waals surface area contributed by atoms with E-state index < -0.39 is 15.9 Å². The van der Waals surface area contributed by atoms with Gasteiger partial charge in [-0.1, -0.05) is 54.1 Å². The van der Waals surface area contributed by atoms with E-state index in [1.165, 1.54) is 25.3 Å². The largest absolute Gasteiger partial charge is 0.496 e. The summed E-state index contributed by atoms with van der Waals surface area (Å²) >= 11 is 6.08. The number of halogens is 1. The summed E-state index contributed by atoms with van der Waals surface area (Å²) in [7, 11) is -2.00. The van der Waals surface area contributed by atoms with Crippen LogP contribution < -0.4 is 4.74 Å². The van der Waals surface area contributed by atoms with Gasteiger partial charge in [-0.25, -0.2) is 8.42 Å². The maximum absolute atomic E-state index is 12.2. The molecule has 0 spiro atoms. The van der Waals surface area contributed by atoms with Crippen LogP contribution >= 0.6 is 11.6 Å². The molecule has 0 aromatic heterocycles. The topological polar surface area (TPSA) is 63.6 Å². The number of para-hydroxylation sites is 1. The van der Waals surface area contributed by atoms with Crippen LogP contribution in [0, 0.1) is 0 Å². The summed E-state index contributed by atoms with van der Waals surface area (Å²) in [6.07, 6.45) is 0.167. The maximum Gasteiger partial charge on any atom is 0.181 e. The quantitative estimate of drug-likeness (QED) is 0.866. The molecule has 0 saturated carbocycles. The Bertz CT molecular complexity index is 785. The molecule has 1 N–H and O–H groups in total. The first-order chi connectivity index (χ1) is 11.0. The first-order valence-corrected chi connectivity index (χ1v) is 8.93. The molecule has 0 fully saturated rings. The van der Waals surface area contributed by atoms with E-state index in [1.807, 2.05) is 0 Å². The predicted octanol–water partition coefficient (Wildman–Crippen LogP) is 3.33. The summed E-state index contributed by atoms with van der Waals surface area (Å²) < 4.78 is 29.6. The van der Waals surface area contributed by atoms with Crippen molar-refractivity contribution in [2.75, 3.05) is 12.9 Å². The lowest BCUT2D eigenvalue weighted by Gasteiger charge is -2.14. The van der Waals surface area contributed by atoms with Crippen LogP contribution in [0.3, 0.4) is 0 Å². The van der Waals surface area contributed by atoms with E-state index in [2.05, 4.69) is 0 Å². The molecule has 122 valence electrons. The van der Waals surface area contributed by atoms with Crippen LogP contribution in [0.5, 0.6) is 5.75 Å². The van der Waals surface area contributed by atoms with E-state index in [4.69, 9.17) is 16.3 Å². The Morgan fingerprint density at radius 1 is 1.17 bits per heavy atom. The van der Waals surface area contributed by atoms with Crippen LogP contribution in [-0.4, -0.2) is 26.4 Å². The van der Waals surface area contributed by atoms with Crippen LogP contribution in [0.1, 0.15) is 11.7 Å². The lowest BCUT2D eigenvalue weighted by atomic mass is 10.1. The van der Waals surface area contributed by atoms with Crippen molar-refractivity contribution in [3.05, 3.63) is 71.3 Å². The van der Waals surface area contributed by atoms with Crippen LogP contribution in [0.2, 0.25) is 0 Å². The maximum atomic E-state index is 12.2. The first kappa shape index (κ1) is 17.5. The van der Waals surface area contributed by atoms with Crippen molar-refractivity contribution >= 4 is 21.4 Å². The van der Waals surface area contributed by atoms with Gasteiger partial charge in [-0.3, -0.25) is 0 Å². The SMILES string of the molecule is COc1ccccc1C(O)/C(Cl)=C/CS(=O)(=O)c1ccccc1. The molecule has 0 saturated heterocycles. The van der Waals surface area contributed by atoms with Gasteiger partial charge in [0, 0.05) is 10.6 Å². The fraction of sp³-hybridized carbons (Fsp3) is 0.176. The number of hydrogen-bond acceptors (Lipinski definition) is 4. The molecule has 0 aliphatic carbocycles. The van der Waals surface area contributed by atoms with Crippen molar-refractivity contribution in [1.82, 2.24) is 0 Å². The van der Waals surface area contributed by atoms with E-state index >= 15 is 0 Å². The van der Waals surface area contributed by atoms with Gasteiger partial charge < -0.3 is 9.84 Å². The van der Waals surface area contributed by atoms with Crippen LogP contribution in [-0.2, 0) is 9.84 Å². The Hall–Kier alpha value is -1.82. The number of ether oxygens (including phenoxy) is 1. The highest BCUT2D eigenvalue weighted by Crippen LogP contribution is 2.31. The summed E-state index contributed by atoms with van der Waals surface area (Å²) in [5, 5.41) is 10.3. The zero-order chi connectivity index (χ0) is 16.9. The van der Waals surface area contributed by atoms with Gasteiger partial charge in [-0.05, 0) is 18.2 Å².